The van der Waals surface area contributed by atoms with Crippen molar-refractivity contribution < 1.29 is 0 Å². The first kappa shape index (κ1) is 11.9. The summed E-state index contributed by atoms with van der Waals surface area (Å²) >= 11 is 2.00. The van der Waals surface area contributed by atoms with Crippen LogP contribution < -0.4 is 5.32 Å². The maximum Gasteiger partial charge on any atom is 0.0450 e. The predicted molar refractivity (Wildman–Crippen MR) is 72.2 cm³/mol. The SMILES string of the molecule is C=C(CC)CC(NC)c1cc2c(s1)CCC2. The highest BCUT2D eigenvalue weighted by Gasteiger charge is 2.19. The van der Waals surface area contributed by atoms with Gasteiger partial charge in [-0.3, -0.25) is 0 Å². The van der Waals surface area contributed by atoms with Crippen LogP contribution in [0.1, 0.15) is 47.5 Å². The van der Waals surface area contributed by atoms with Crippen LogP contribution in [0.2, 0.25) is 0 Å². The summed E-state index contributed by atoms with van der Waals surface area (Å²) < 4.78 is 0. The van der Waals surface area contributed by atoms with E-state index in [4.69, 9.17) is 0 Å². The van der Waals surface area contributed by atoms with E-state index < -0.39 is 0 Å². The van der Waals surface area contributed by atoms with Crippen molar-refractivity contribution in [3.63, 3.8) is 0 Å². The molecule has 0 aromatic carbocycles. The third kappa shape index (κ3) is 2.38. The van der Waals surface area contributed by atoms with Crippen LogP contribution in [0.15, 0.2) is 18.2 Å². The Hall–Kier alpha value is -0.600. The molecule has 0 fully saturated rings. The zero-order chi connectivity index (χ0) is 11.5. The van der Waals surface area contributed by atoms with Gasteiger partial charge in [0, 0.05) is 15.8 Å². The molecule has 2 rings (SSSR count). The molecule has 0 amide bonds. The van der Waals surface area contributed by atoms with Gasteiger partial charge >= 0.3 is 0 Å². The standard InChI is InChI=1S/C14H21NS/c1-4-10(2)8-12(15-3)14-9-11-6-5-7-13(11)16-14/h9,12,15H,2,4-8H2,1,3H3. The number of nitrogens with one attached hydrogen (secondary N) is 1. The van der Waals surface area contributed by atoms with E-state index in [1.807, 2.05) is 11.3 Å². The fraction of sp³-hybridized carbons (Fsp3) is 0.571. The lowest BCUT2D eigenvalue weighted by molar-refractivity contribution is 0.592. The fourth-order valence-electron chi connectivity index (χ4n) is 2.30. The Morgan fingerprint density at radius 1 is 1.56 bits per heavy atom. The average Bonchev–Trinajstić information content (AvgIpc) is 2.85. The second kappa shape index (κ2) is 5.15. The summed E-state index contributed by atoms with van der Waals surface area (Å²) in [5.74, 6) is 0. The van der Waals surface area contributed by atoms with Crippen molar-refractivity contribution in [2.24, 2.45) is 0 Å². The lowest BCUT2D eigenvalue weighted by Crippen LogP contribution is -2.15. The number of rotatable bonds is 5. The molecule has 1 aliphatic rings. The Morgan fingerprint density at radius 3 is 3.00 bits per heavy atom. The fourth-order valence-corrected chi connectivity index (χ4v) is 3.67. The number of hydrogen-bond donors (Lipinski definition) is 1. The van der Waals surface area contributed by atoms with E-state index in [1.165, 1.54) is 29.7 Å². The summed E-state index contributed by atoms with van der Waals surface area (Å²) in [6, 6.07) is 2.89. The van der Waals surface area contributed by atoms with Crippen molar-refractivity contribution in [3.8, 4) is 0 Å². The second-order valence-corrected chi connectivity index (χ2v) is 5.77. The van der Waals surface area contributed by atoms with Crippen LogP contribution in [0.3, 0.4) is 0 Å². The maximum absolute atomic E-state index is 4.11. The minimum absolute atomic E-state index is 0.475. The minimum atomic E-state index is 0.475. The van der Waals surface area contributed by atoms with Gasteiger partial charge in [0.1, 0.15) is 0 Å². The van der Waals surface area contributed by atoms with E-state index >= 15 is 0 Å². The van der Waals surface area contributed by atoms with Gasteiger partial charge in [0.05, 0.1) is 0 Å². The Labute approximate surface area is 103 Å². The minimum Gasteiger partial charge on any atom is -0.312 e. The zero-order valence-electron chi connectivity index (χ0n) is 10.3. The predicted octanol–water partition coefficient (Wildman–Crippen LogP) is 3.85. The maximum atomic E-state index is 4.11. The van der Waals surface area contributed by atoms with E-state index in [2.05, 4.69) is 31.9 Å². The molecule has 1 aromatic rings. The summed E-state index contributed by atoms with van der Waals surface area (Å²) in [4.78, 5) is 3.12. The molecule has 1 N–H and O–H groups in total. The molecule has 0 saturated carbocycles. The summed E-state index contributed by atoms with van der Waals surface area (Å²) in [6.07, 6.45) is 6.10. The summed E-state index contributed by atoms with van der Waals surface area (Å²) in [5.41, 5.74) is 2.94. The molecular weight excluding hydrogens is 214 g/mol. The Balaban J connectivity index is 2.11. The monoisotopic (exact) mass is 235 g/mol. The Bertz CT molecular complexity index is 357. The molecule has 1 aromatic heterocycles. The van der Waals surface area contributed by atoms with Crippen LogP contribution >= 0.6 is 11.3 Å². The molecule has 0 saturated heterocycles. The first-order valence-corrected chi connectivity index (χ1v) is 7.01. The molecule has 0 spiro atoms. The number of aryl methyl sites for hydroxylation is 2. The molecule has 2 heteroatoms. The number of thiophene rings is 1. The average molecular weight is 235 g/mol. The highest BCUT2D eigenvalue weighted by molar-refractivity contribution is 7.12. The molecule has 88 valence electrons. The normalized spacial score (nSPS) is 16.1. The molecule has 0 radical (unpaired) electrons. The highest BCUT2D eigenvalue weighted by Crippen LogP contribution is 2.35. The highest BCUT2D eigenvalue weighted by atomic mass is 32.1. The van der Waals surface area contributed by atoms with E-state index in [0.29, 0.717) is 6.04 Å². The molecule has 0 aliphatic heterocycles. The van der Waals surface area contributed by atoms with Crippen LogP contribution in [0.25, 0.3) is 0 Å². The summed E-state index contributed by atoms with van der Waals surface area (Å²) in [5, 5.41) is 3.42. The topological polar surface area (TPSA) is 12.0 Å². The Kier molecular flexibility index (Phi) is 3.82. The van der Waals surface area contributed by atoms with Crippen LogP contribution in [-0.2, 0) is 12.8 Å². The van der Waals surface area contributed by atoms with Crippen molar-refractivity contribution in [2.45, 2.75) is 45.1 Å². The van der Waals surface area contributed by atoms with Gasteiger partial charge in [-0.2, -0.15) is 0 Å². The molecule has 16 heavy (non-hydrogen) atoms. The van der Waals surface area contributed by atoms with Gasteiger partial charge in [0.2, 0.25) is 0 Å². The summed E-state index contributed by atoms with van der Waals surface area (Å²) in [6.45, 7) is 6.30. The van der Waals surface area contributed by atoms with E-state index in [1.54, 1.807) is 10.4 Å². The van der Waals surface area contributed by atoms with Crippen molar-refractivity contribution in [3.05, 3.63) is 33.5 Å². The van der Waals surface area contributed by atoms with Crippen LogP contribution in [-0.4, -0.2) is 7.05 Å². The molecule has 1 nitrogen and oxygen atoms in total. The van der Waals surface area contributed by atoms with Gasteiger partial charge in [0.15, 0.2) is 0 Å². The second-order valence-electron chi connectivity index (χ2n) is 4.60. The molecular formula is C14H21NS. The van der Waals surface area contributed by atoms with Gasteiger partial charge < -0.3 is 5.32 Å². The quantitative estimate of drug-likeness (QED) is 0.764. The van der Waals surface area contributed by atoms with Gasteiger partial charge in [-0.15, -0.1) is 11.3 Å². The van der Waals surface area contributed by atoms with E-state index in [9.17, 15) is 0 Å². The molecule has 1 aliphatic carbocycles. The molecule has 1 atom stereocenters. The van der Waals surface area contributed by atoms with Crippen molar-refractivity contribution >= 4 is 11.3 Å². The van der Waals surface area contributed by atoms with E-state index in [-0.39, 0.29) is 0 Å². The van der Waals surface area contributed by atoms with Crippen LogP contribution in [0.5, 0.6) is 0 Å². The van der Waals surface area contributed by atoms with Crippen molar-refractivity contribution in [2.75, 3.05) is 7.05 Å². The smallest absolute Gasteiger partial charge is 0.0450 e. The van der Waals surface area contributed by atoms with E-state index in [0.717, 1.165) is 12.8 Å². The first-order valence-electron chi connectivity index (χ1n) is 6.20. The van der Waals surface area contributed by atoms with Crippen molar-refractivity contribution in [1.29, 1.82) is 0 Å². The van der Waals surface area contributed by atoms with Gasteiger partial charge in [-0.1, -0.05) is 19.1 Å². The van der Waals surface area contributed by atoms with Gasteiger partial charge in [-0.25, -0.2) is 0 Å². The van der Waals surface area contributed by atoms with Crippen LogP contribution in [0, 0.1) is 0 Å². The molecule has 1 heterocycles. The third-order valence-corrected chi connectivity index (χ3v) is 4.80. The van der Waals surface area contributed by atoms with Crippen LogP contribution in [0.4, 0.5) is 0 Å². The van der Waals surface area contributed by atoms with Crippen molar-refractivity contribution in [1.82, 2.24) is 5.32 Å². The number of fused-ring (bicyclic) bond motifs is 1. The van der Waals surface area contributed by atoms with Gasteiger partial charge in [0.25, 0.3) is 0 Å². The summed E-state index contributed by atoms with van der Waals surface area (Å²) in [7, 11) is 2.05. The zero-order valence-corrected chi connectivity index (χ0v) is 11.1. The molecule has 0 bridgehead atoms. The van der Waals surface area contributed by atoms with Gasteiger partial charge in [-0.05, 0) is 50.8 Å². The molecule has 1 unspecified atom stereocenters. The first-order chi connectivity index (χ1) is 7.74. The lowest BCUT2D eigenvalue weighted by Gasteiger charge is -2.15. The lowest BCUT2D eigenvalue weighted by atomic mass is 10.0. The third-order valence-electron chi connectivity index (χ3n) is 3.45. The number of hydrogen-bond acceptors (Lipinski definition) is 2. The Morgan fingerprint density at radius 2 is 2.38 bits per heavy atom. The largest absolute Gasteiger partial charge is 0.312 e.